The summed E-state index contributed by atoms with van der Waals surface area (Å²) in [6.45, 7) is 0.233. The number of carboxylic acids is 1. The van der Waals surface area contributed by atoms with Crippen LogP contribution < -0.4 is 5.56 Å². The lowest BCUT2D eigenvalue weighted by atomic mass is 10.2. The van der Waals surface area contributed by atoms with Crippen molar-refractivity contribution in [2.75, 3.05) is 0 Å². The van der Waals surface area contributed by atoms with Gasteiger partial charge in [0.15, 0.2) is 0 Å². The van der Waals surface area contributed by atoms with E-state index in [2.05, 4.69) is 0 Å². The fourth-order valence-electron chi connectivity index (χ4n) is 1.66. The van der Waals surface area contributed by atoms with Crippen molar-refractivity contribution in [3.63, 3.8) is 0 Å². The van der Waals surface area contributed by atoms with Gasteiger partial charge in [0.25, 0.3) is 5.56 Å². The van der Waals surface area contributed by atoms with E-state index in [-0.39, 0.29) is 12.1 Å². The third-order valence-electron chi connectivity index (χ3n) is 2.59. The second-order valence-electron chi connectivity index (χ2n) is 3.91. The van der Waals surface area contributed by atoms with Crippen LogP contribution in [0.1, 0.15) is 15.9 Å². The van der Waals surface area contributed by atoms with Gasteiger partial charge in [0.2, 0.25) is 0 Å². The molecule has 0 saturated heterocycles. The number of pyridine rings is 1. The van der Waals surface area contributed by atoms with Gasteiger partial charge in [-0.05, 0) is 29.8 Å². The largest absolute Gasteiger partial charge is 0.477 e. The van der Waals surface area contributed by atoms with Gasteiger partial charge in [0.05, 0.1) is 16.6 Å². The molecule has 0 aliphatic rings. The molecule has 0 spiro atoms. The molecule has 0 radical (unpaired) electrons. The van der Waals surface area contributed by atoms with Crippen LogP contribution in [0.3, 0.4) is 0 Å². The van der Waals surface area contributed by atoms with Crippen molar-refractivity contribution in [3.05, 3.63) is 68.1 Å². The van der Waals surface area contributed by atoms with Gasteiger partial charge in [0.1, 0.15) is 5.56 Å². The van der Waals surface area contributed by atoms with Crippen molar-refractivity contribution in [2.45, 2.75) is 6.54 Å². The number of rotatable bonds is 3. The summed E-state index contributed by atoms with van der Waals surface area (Å²) in [5.74, 6) is -1.24. The molecule has 0 aliphatic heterocycles. The summed E-state index contributed by atoms with van der Waals surface area (Å²) in [5.41, 5.74) is -0.0531. The van der Waals surface area contributed by atoms with Gasteiger partial charge in [-0.1, -0.05) is 29.3 Å². The molecular formula is C13H9Cl2NO3. The van der Waals surface area contributed by atoms with Gasteiger partial charge < -0.3 is 9.67 Å². The number of halogens is 2. The average Bonchev–Trinajstić information content (AvgIpc) is 2.36. The van der Waals surface area contributed by atoms with E-state index in [1.54, 1.807) is 18.2 Å². The Labute approximate surface area is 118 Å². The Morgan fingerprint density at radius 1 is 1.21 bits per heavy atom. The van der Waals surface area contributed by atoms with Gasteiger partial charge in [0, 0.05) is 6.20 Å². The minimum atomic E-state index is -1.24. The summed E-state index contributed by atoms with van der Waals surface area (Å²) in [7, 11) is 0. The van der Waals surface area contributed by atoms with E-state index in [0.717, 1.165) is 5.56 Å². The van der Waals surface area contributed by atoms with E-state index >= 15 is 0 Å². The summed E-state index contributed by atoms with van der Waals surface area (Å²) in [6.07, 6.45) is 1.53. The highest BCUT2D eigenvalue weighted by Crippen LogP contribution is 2.22. The van der Waals surface area contributed by atoms with Crippen molar-refractivity contribution in [1.29, 1.82) is 0 Å². The minimum absolute atomic E-state index is 0.233. The molecule has 0 aliphatic carbocycles. The number of aromatic carboxylic acids is 1. The highest BCUT2D eigenvalue weighted by atomic mass is 35.5. The molecule has 19 heavy (non-hydrogen) atoms. The molecule has 98 valence electrons. The normalized spacial score (nSPS) is 10.4. The maximum atomic E-state index is 11.9. The summed E-state index contributed by atoms with van der Waals surface area (Å²) >= 11 is 11.7. The zero-order valence-corrected chi connectivity index (χ0v) is 11.1. The summed E-state index contributed by atoms with van der Waals surface area (Å²) in [4.78, 5) is 22.8. The van der Waals surface area contributed by atoms with Crippen LogP contribution in [0.15, 0.2) is 41.3 Å². The highest BCUT2D eigenvalue weighted by molar-refractivity contribution is 6.42. The first-order valence-electron chi connectivity index (χ1n) is 5.35. The van der Waals surface area contributed by atoms with Crippen molar-refractivity contribution in [1.82, 2.24) is 4.57 Å². The van der Waals surface area contributed by atoms with Crippen LogP contribution in [0.2, 0.25) is 10.0 Å². The molecule has 1 aromatic carbocycles. The maximum Gasteiger partial charge on any atom is 0.341 e. The van der Waals surface area contributed by atoms with Gasteiger partial charge in [-0.3, -0.25) is 4.79 Å². The van der Waals surface area contributed by atoms with E-state index in [1.165, 1.54) is 22.9 Å². The van der Waals surface area contributed by atoms with E-state index in [4.69, 9.17) is 28.3 Å². The molecule has 4 nitrogen and oxygen atoms in total. The van der Waals surface area contributed by atoms with Gasteiger partial charge in [-0.25, -0.2) is 4.79 Å². The Morgan fingerprint density at radius 3 is 2.58 bits per heavy atom. The van der Waals surface area contributed by atoms with Gasteiger partial charge in [-0.2, -0.15) is 0 Å². The van der Waals surface area contributed by atoms with Crippen LogP contribution in [0, 0.1) is 0 Å². The molecule has 0 bridgehead atoms. The lowest BCUT2D eigenvalue weighted by Gasteiger charge is -2.07. The first-order chi connectivity index (χ1) is 8.99. The fourth-order valence-corrected chi connectivity index (χ4v) is 1.98. The molecule has 1 aromatic heterocycles. The predicted octanol–water partition coefficient (Wildman–Crippen LogP) is 2.90. The number of carbonyl (C=O) groups is 1. The molecule has 0 amide bonds. The lowest BCUT2D eigenvalue weighted by Crippen LogP contribution is -2.25. The van der Waals surface area contributed by atoms with Gasteiger partial charge >= 0.3 is 5.97 Å². The second-order valence-corrected chi connectivity index (χ2v) is 4.72. The van der Waals surface area contributed by atoms with Crippen LogP contribution in [0.5, 0.6) is 0 Å². The van der Waals surface area contributed by atoms with E-state index in [1.807, 2.05) is 0 Å². The number of hydrogen-bond donors (Lipinski definition) is 1. The molecule has 2 aromatic rings. The SMILES string of the molecule is O=C(O)c1cccn(Cc2ccc(Cl)c(Cl)c2)c1=O. The van der Waals surface area contributed by atoms with Crippen LogP contribution in [0.4, 0.5) is 0 Å². The van der Waals surface area contributed by atoms with E-state index in [0.29, 0.717) is 10.0 Å². The van der Waals surface area contributed by atoms with Crippen molar-refractivity contribution in [3.8, 4) is 0 Å². The number of aromatic nitrogens is 1. The Morgan fingerprint density at radius 2 is 1.95 bits per heavy atom. The Kier molecular flexibility index (Phi) is 3.93. The standard InChI is InChI=1S/C13H9Cl2NO3/c14-10-4-3-8(6-11(10)15)7-16-5-1-2-9(12(16)17)13(18)19/h1-6H,7H2,(H,18,19). The first-order valence-corrected chi connectivity index (χ1v) is 6.11. The van der Waals surface area contributed by atoms with E-state index < -0.39 is 11.5 Å². The topological polar surface area (TPSA) is 59.3 Å². The Bertz CT molecular complexity index is 695. The van der Waals surface area contributed by atoms with Crippen LogP contribution in [0.25, 0.3) is 0 Å². The van der Waals surface area contributed by atoms with Crippen molar-refractivity contribution in [2.24, 2.45) is 0 Å². The summed E-state index contributed by atoms with van der Waals surface area (Å²) in [5, 5.41) is 9.70. The molecule has 2 rings (SSSR count). The third-order valence-corrected chi connectivity index (χ3v) is 3.33. The molecule has 0 fully saturated rings. The summed E-state index contributed by atoms with van der Waals surface area (Å²) in [6, 6.07) is 7.79. The van der Waals surface area contributed by atoms with Crippen LogP contribution in [-0.4, -0.2) is 15.6 Å². The Balaban J connectivity index is 2.38. The van der Waals surface area contributed by atoms with Gasteiger partial charge in [-0.15, -0.1) is 0 Å². The number of hydrogen-bond acceptors (Lipinski definition) is 2. The zero-order chi connectivity index (χ0) is 14.0. The zero-order valence-electron chi connectivity index (χ0n) is 9.64. The van der Waals surface area contributed by atoms with Crippen LogP contribution >= 0.6 is 23.2 Å². The average molecular weight is 298 g/mol. The molecule has 0 saturated carbocycles. The number of benzene rings is 1. The molecule has 0 atom stereocenters. The fraction of sp³-hybridized carbons (Fsp3) is 0.0769. The predicted molar refractivity (Wildman–Crippen MR) is 73.2 cm³/mol. The minimum Gasteiger partial charge on any atom is -0.477 e. The third kappa shape index (κ3) is 2.97. The number of carboxylic acid groups (broad SMARTS) is 1. The molecule has 0 unspecified atom stereocenters. The van der Waals surface area contributed by atoms with Crippen molar-refractivity contribution >= 4 is 29.2 Å². The number of nitrogens with zero attached hydrogens (tertiary/aromatic N) is 1. The van der Waals surface area contributed by atoms with Crippen molar-refractivity contribution < 1.29 is 9.90 Å². The maximum absolute atomic E-state index is 11.9. The molecule has 1 N–H and O–H groups in total. The first kappa shape index (κ1) is 13.6. The molecule has 6 heteroatoms. The summed E-state index contributed by atoms with van der Waals surface area (Å²) < 4.78 is 1.31. The lowest BCUT2D eigenvalue weighted by molar-refractivity contribution is 0.0694. The molecule has 1 heterocycles. The smallest absolute Gasteiger partial charge is 0.341 e. The monoisotopic (exact) mass is 297 g/mol. The quantitative estimate of drug-likeness (QED) is 0.947. The van der Waals surface area contributed by atoms with Crippen LogP contribution in [-0.2, 0) is 6.54 Å². The van der Waals surface area contributed by atoms with E-state index in [9.17, 15) is 9.59 Å². The highest BCUT2D eigenvalue weighted by Gasteiger charge is 2.10. The molecular weight excluding hydrogens is 289 g/mol. The second kappa shape index (κ2) is 5.47. The Hall–Kier alpha value is -1.78.